The lowest BCUT2D eigenvalue weighted by Gasteiger charge is -2.24. The van der Waals surface area contributed by atoms with Gasteiger partial charge in [0.2, 0.25) is 15.9 Å². The van der Waals surface area contributed by atoms with Crippen molar-refractivity contribution in [2.75, 3.05) is 29.0 Å². The van der Waals surface area contributed by atoms with Crippen molar-refractivity contribution in [3.63, 3.8) is 0 Å². The standard InChI is InChI=1S/C21H26N2O4S/c1-4-16-27-19-13-11-18(12-14-19)22-21(24)10-7-15-23(28(3,25)26)20-9-6-5-8-17(20)2/h4-6,8-9,11-14H,1,7,10,15-16H2,2-3H3,(H,22,24). The Bertz CT molecular complexity index is 908. The molecule has 2 aromatic carbocycles. The van der Waals surface area contributed by atoms with E-state index in [9.17, 15) is 13.2 Å². The van der Waals surface area contributed by atoms with E-state index in [1.54, 1.807) is 42.5 Å². The molecule has 2 rings (SSSR count). The fraction of sp³-hybridized carbons (Fsp3) is 0.286. The highest BCUT2D eigenvalue weighted by Gasteiger charge is 2.19. The summed E-state index contributed by atoms with van der Waals surface area (Å²) in [5.41, 5.74) is 2.17. The minimum Gasteiger partial charge on any atom is -0.490 e. The Balaban J connectivity index is 1.91. The zero-order chi connectivity index (χ0) is 20.6. The smallest absolute Gasteiger partial charge is 0.232 e. The van der Waals surface area contributed by atoms with Gasteiger partial charge in [-0.1, -0.05) is 30.9 Å². The zero-order valence-electron chi connectivity index (χ0n) is 16.2. The number of rotatable bonds is 10. The van der Waals surface area contributed by atoms with Gasteiger partial charge < -0.3 is 10.1 Å². The quantitative estimate of drug-likeness (QED) is 0.614. The van der Waals surface area contributed by atoms with Crippen LogP contribution in [-0.4, -0.2) is 33.7 Å². The van der Waals surface area contributed by atoms with Gasteiger partial charge in [0.25, 0.3) is 0 Å². The lowest BCUT2D eigenvalue weighted by molar-refractivity contribution is -0.116. The molecule has 0 unspecified atom stereocenters. The Morgan fingerprint density at radius 2 is 1.86 bits per heavy atom. The van der Waals surface area contributed by atoms with Gasteiger partial charge in [-0.15, -0.1) is 0 Å². The third-order valence-electron chi connectivity index (χ3n) is 4.06. The second-order valence-corrected chi connectivity index (χ2v) is 8.30. The molecule has 0 atom stereocenters. The van der Waals surface area contributed by atoms with Crippen molar-refractivity contribution in [1.82, 2.24) is 0 Å². The van der Waals surface area contributed by atoms with E-state index in [1.165, 1.54) is 10.6 Å². The van der Waals surface area contributed by atoms with E-state index >= 15 is 0 Å². The van der Waals surface area contributed by atoms with Crippen molar-refractivity contribution >= 4 is 27.3 Å². The number of amides is 1. The number of hydrogen-bond donors (Lipinski definition) is 1. The first-order valence-corrected chi connectivity index (χ1v) is 10.8. The Morgan fingerprint density at radius 3 is 2.46 bits per heavy atom. The zero-order valence-corrected chi connectivity index (χ0v) is 17.0. The van der Waals surface area contributed by atoms with Crippen molar-refractivity contribution in [3.05, 3.63) is 66.7 Å². The van der Waals surface area contributed by atoms with Gasteiger partial charge in [-0.2, -0.15) is 0 Å². The van der Waals surface area contributed by atoms with E-state index < -0.39 is 10.0 Å². The maximum atomic E-state index is 12.2. The third kappa shape index (κ3) is 6.42. The van der Waals surface area contributed by atoms with Crippen molar-refractivity contribution in [2.24, 2.45) is 0 Å². The number of benzene rings is 2. The van der Waals surface area contributed by atoms with E-state index in [4.69, 9.17) is 4.74 Å². The Morgan fingerprint density at radius 1 is 1.18 bits per heavy atom. The molecule has 0 bridgehead atoms. The minimum absolute atomic E-state index is 0.169. The summed E-state index contributed by atoms with van der Waals surface area (Å²) in [6.07, 6.45) is 3.46. The number of aryl methyl sites for hydroxylation is 1. The van der Waals surface area contributed by atoms with Crippen LogP contribution >= 0.6 is 0 Å². The second-order valence-electron chi connectivity index (χ2n) is 6.40. The average Bonchev–Trinajstić information content (AvgIpc) is 2.64. The molecule has 0 radical (unpaired) electrons. The number of carbonyl (C=O) groups is 1. The normalized spacial score (nSPS) is 10.9. The van der Waals surface area contributed by atoms with Crippen molar-refractivity contribution in [1.29, 1.82) is 0 Å². The van der Waals surface area contributed by atoms with Crippen molar-refractivity contribution in [3.8, 4) is 5.75 Å². The number of para-hydroxylation sites is 1. The number of ether oxygens (including phenoxy) is 1. The molecule has 0 aliphatic carbocycles. The third-order valence-corrected chi connectivity index (χ3v) is 5.24. The summed E-state index contributed by atoms with van der Waals surface area (Å²) in [4.78, 5) is 12.2. The molecule has 2 aromatic rings. The van der Waals surface area contributed by atoms with Crippen LogP contribution in [0.4, 0.5) is 11.4 Å². The van der Waals surface area contributed by atoms with E-state index in [0.717, 1.165) is 5.56 Å². The number of anilines is 2. The molecule has 0 saturated heterocycles. The number of nitrogens with one attached hydrogen (secondary N) is 1. The molecular formula is C21H26N2O4S. The van der Waals surface area contributed by atoms with E-state index in [-0.39, 0.29) is 18.9 Å². The summed E-state index contributed by atoms with van der Waals surface area (Å²) in [6.45, 7) is 6.11. The van der Waals surface area contributed by atoms with Crippen LogP contribution in [0.3, 0.4) is 0 Å². The molecule has 0 aliphatic rings. The summed E-state index contributed by atoms with van der Waals surface area (Å²) in [6, 6.07) is 14.3. The van der Waals surface area contributed by atoms with Crippen LogP contribution in [-0.2, 0) is 14.8 Å². The Labute approximate surface area is 166 Å². The first kappa shape index (κ1) is 21.5. The largest absolute Gasteiger partial charge is 0.490 e. The van der Waals surface area contributed by atoms with E-state index in [2.05, 4.69) is 11.9 Å². The van der Waals surface area contributed by atoms with Gasteiger partial charge in [-0.05, 0) is 49.2 Å². The topological polar surface area (TPSA) is 75.7 Å². The molecule has 0 spiro atoms. The predicted molar refractivity (Wildman–Crippen MR) is 113 cm³/mol. The maximum Gasteiger partial charge on any atom is 0.232 e. The minimum atomic E-state index is -3.43. The lowest BCUT2D eigenvalue weighted by Crippen LogP contribution is -2.32. The van der Waals surface area contributed by atoms with Crippen molar-refractivity contribution in [2.45, 2.75) is 19.8 Å². The highest BCUT2D eigenvalue weighted by molar-refractivity contribution is 7.92. The van der Waals surface area contributed by atoms with Crippen LogP contribution in [0.25, 0.3) is 0 Å². The summed E-state index contributed by atoms with van der Waals surface area (Å²) in [7, 11) is -3.43. The predicted octanol–water partition coefficient (Wildman–Crippen LogP) is 3.74. The fourth-order valence-corrected chi connectivity index (χ4v) is 3.73. The number of carbonyl (C=O) groups excluding carboxylic acids is 1. The molecule has 0 heterocycles. The van der Waals surface area contributed by atoms with Gasteiger partial charge in [-0.3, -0.25) is 9.10 Å². The molecule has 6 nitrogen and oxygen atoms in total. The average molecular weight is 403 g/mol. The van der Waals surface area contributed by atoms with Gasteiger partial charge in [0.15, 0.2) is 0 Å². The first-order chi connectivity index (χ1) is 13.3. The molecule has 0 aromatic heterocycles. The van der Waals surface area contributed by atoms with Crippen molar-refractivity contribution < 1.29 is 17.9 Å². The van der Waals surface area contributed by atoms with Gasteiger partial charge in [0, 0.05) is 18.7 Å². The van der Waals surface area contributed by atoms with Gasteiger partial charge in [0.1, 0.15) is 12.4 Å². The summed E-state index contributed by atoms with van der Waals surface area (Å²) in [5.74, 6) is 0.526. The van der Waals surface area contributed by atoms with Gasteiger partial charge in [-0.25, -0.2) is 8.42 Å². The molecule has 0 aliphatic heterocycles. The van der Waals surface area contributed by atoms with Crippen LogP contribution in [0.2, 0.25) is 0 Å². The first-order valence-electron chi connectivity index (χ1n) is 8.98. The molecular weight excluding hydrogens is 376 g/mol. The van der Waals surface area contributed by atoms with E-state index in [1.807, 2.05) is 19.1 Å². The van der Waals surface area contributed by atoms with Gasteiger partial charge in [0.05, 0.1) is 11.9 Å². The van der Waals surface area contributed by atoms with Crippen LogP contribution in [0, 0.1) is 6.92 Å². The summed E-state index contributed by atoms with van der Waals surface area (Å²) >= 11 is 0. The Kier molecular flexibility index (Phi) is 7.63. The molecule has 0 fully saturated rings. The molecule has 1 amide bonds. The van der Waals surface area contributed by atoms with E-state index in [0.29, 0.717) is 30.2 Å². The van der Waals surface area contributed by atoms with Crippen LogP contribution in [0.15, 0.2) is 61.2 Å². The maximum absolute atomic E-state index is 12.2. The van der Waals surface area contributed by atoms with Crippen LogP contribution < -0.4 is 14.4 Å². The molecule has 1 N–H and O–H groups in total. The number of nitrogens with zero attached hydrogens (tertiary/aromatic N) is 1. The van der Waals surface area contributed by atoms with Crippen LogP contribution in [0.5, 0.6) is 5.75 Å². The molecule has 0 saturated carbocycles. The highest BCUT2D eigenvalue weighted by Crippen LogP contribution is 2.22. The SMILES string of the molecule is C=CCOc1ccc(NC(=O)CCCN(c2ccccc2C)S(C)(=O)=O)cc1. The molecule has 7 heteroatoms. The lowest BCUT2D eigenvalue weighted by atomic mass is 10.2. The van der Waals surface area contributed by atoms with Gasteiger partial charge >= 0.3 is 0 Å². The number of sulfonamides is 1. The summed E-state index contributed by atoms with van der Waals surface area (Å²) < 4.78 is 31.1. The second kappa shape index (κ2) is 9.94. The molecule has 150 valence electrons. The highest BCUT2D eigenvalue weighted by atomic mass is 32.2. The monoisotopic (exact) mass is 402 g/mol. The van der Waals surface area contributed by atoms with Crippen LogP contribution in [0.1, 0.15) is 18.4 Å². The summed E-state index contributed by atoms with van der Waals surface area (Å²) in [5, 5.41) is 2.81. The fourth-order valence-electron chi connectivity index (χ4n) is 2.70. The number of hydrogen-bond acceptors (Lipinski definition) is 4. The molecule has 28 heavy (non-hydrogen) atoms. The Hall–Kier alpha value is -2.80.